The molecule has 1 aromatic carbocycles. The molecule has 0 fully saturated rings. The molecule has 1 heterocycles. The van der Waals surface area contributed by atoms with Crippen molar-refractivity contribution < 1.29 is 19.0 Å². The summed E-state index contributed by atoms with van der Waals surface area (Å²) in [6.45, 7) is 0. The van der Waals surface area contributed by atoms with Crippen molar-refractivity contribution in [2.24, 2.45) is 0 Å². The van der Waals surface area contributed by atoms with E-state index in [0.29, 0.717) is 5.69 Å². The minimum atomic E-state index is -1.25. The number of aromatic carboxylic acids is 1. The Kier molecular flexibility index (Phi) is 2.73. The monoisotopic (exact) mass is 237 g/mol. The van der Waals surface area contributed by atoms with Gasteiger partial charge in [-0.05, 0) is 24.3 Å². The topological polar surface area (TPSA) is 77.2 Å². The molecule has 0 aliphatic carbocycles. The number of hydrogen-bond donors (Lipinski definition) is 1. The van der Waals surface area contributed by atoms with Crippen LogP contribution in [0.15, 0.2) is 24.3 Å². The number of carboxylic acids is 1. The van der Waals surface area contributed by atoms with Gasteiger partial charge in [-0.2, -0.15) is 0 Å². The number of hydrogen-bond acceptors (Lipinski definition) is 4. The van der Waals surface area contributed by atoms with E-state index < -0.39 is 11.8 Å². The molecular weight excluding hydrogens is 229 g/mol. The second kappa shape index (κ2) is 4.20. The predicted molar refractivity (Wildman–Crippen MR) is 54.8 cm³/mol. The lowest BCUT2D eigenvalue weighted by atomic mass is 10.3. The first-order chi connectivity index (χ1) is 8.13. The molecule has 1 aromatic heterocycles. The van der Waals surface area contributed by atoms with Crippen molar-refractivity contribution in [1.82, 2.24) is 14.8 Å². The number of carbonyl (C=O) groups is 1. The Morgan fingerprint density at radius 1 is 1.35 bits per heavy atom. The van der Waals surface area contributed by atoms with E-state index in [2.05, 4.69) is 10.2 Å². The van der Waals surface area contributed by atoms with Crippen LogP contribution in [0.5, 0.6) is 6.01 Å². The van der Waals surface area contributed by atoms with Gasteiger partial charge in [-0.15, -0.1) is 5.10 Å². The number of methoxy groups -OCH3 is 1. The van der Waals surface area contributed by atoms with Gasteiger partial charge in [0.25, 0.3) is 0 Å². The Hall–Kier alpha value is -2.44. The summed E-state index contributed by atoms with van der Waals surface area (Å²) in [5.74, 6) is -1.96. The first-order valence-corrected chi connectivity index (χ1v) is 4.62. The number of rotatable bonds is 3. The molecule has 0 unspecified atom stereocenters. The molecule has 88 valence electrons. The van der Waals surface area contributed by atoms with E-state index in [9.17, 15) is 9.18 Å². The summed E-state index contributed by atoms with van der Waals surface area (Å²) in [4.78, 5) is 10.9. The average Bonchev–Trinajstić information content (AvgIpc) is 2.73. The van der Waals surface area contributed by atoms with Gasteiger partial charge in [-0.25, -0.2) is 13.8 Å². The second-order valence-electron chi connectivity index (χ2n) is 3.13. The highest BCUT2D eigenvalue weighted by Crippen LogP contribution is 2.18. The Bertz CT molecular complexity index is 550. The molecule has 0 atom stereocenters. The third kappa shape index (κ3) is 1.94. The lowest BCUT2D eigenvalue weighted by Crippen LogP contribution is -2.09. The summed E-state index contributed by atoms with van der Waals surface area (Å²) >= 11 is 0. The zero-order valence-electron chi connectivity index (χ0n) is 8.79. The molecule has 1 N–H and O–H groups in total. The molecule has 0 radical (unpaired) electrons. The van der Waals surface area contributed by atoms with Crippen molar-refractivity contribution in [2.45, 2.75) is 0 Å². The predicted octanol–water partition coefficient (Wildman–Crippen LogP) is 1.11. The maximum atomic E-state index is 12.8. The largest absolute Gasteiger partial charge is 0.475 e. The van der Waals surface area contributed by atoms with Crippen LogP contribution >= 0.6 is 0 Å². The SMILES string of the molecule is COc1nnc(C(=O)O)n1-c1ccc(F)cc1. The first kappa shape index (κ1) is 11.1. The standard InChI is InChI=1S/C10H8FN3O3/c1-17-10-13-12-8(9(15)16)14(10)7-4-2-6(11)3-5-7/h2-5H,1H3,(H,15,16). The summed E-state index contributed by atoms with van der Waals surface area (Å²) in [7, 11) is 1.34. The van der Waals surface area contributed by atoms with Crippen molar-refractivity contribution in [3.8, 4) is 11.7 Å². The minimum absolute atomic E-state index is 0.0222. The maximum Gasteiger partial charge on any atom is 0.374 e. The van der Waals surface area contributed by atoms with Crippen LogP contribution in [-0.4, -0.2) is 33.0 Å². The number of halogens is 1. The highest BCUT2D eigenvalue weighted by Gasteiger charge is 2.19. The molecule has 0 saturated heterocycles. The van der Waals surface area contributed by atoms with Crippen LogP contribution in [0.25, 0.3) is 5.69 Å². The second-order valence-corrected chi connectivity index (χ2v) is 3.13. The van der Waals surface area contributed by atoms with Crippen molar-refractivity contribution in [3.05, 3.63) is 35.9 Å². The first-order valence-electron chi connectivity index (χ1n) is 4.62. The number of benzene rings is 1. The third-order valence-electron chi connectivity index (χ3n) is 2.09. The van der Waals surface area contributed by atoms with Crippen LogP contribution < -0.4 is 4.74 Å². The van der Waals surface area contributed by atoms with Crippen molar-refractivity contribution >= 4 is 5.97 Å². The summed E-state index contributed by atoms with van der Waals surface area (Å²) in [5.41, 5.74) is 0.408. The Labute approximate surface area is 95.3 Å². The summed E-state index contributed by atoms with van der Waals surface area (Å²) in [6.07, 6.45) is 0. The van der Waals surface area contributed by atoms with Crippen molar-refractivity contribution in [3.63, 3.8) is 0 Å². The molecule has 6 nitrogen and oxygen atoms in total. The van der Waals surface area contributed by atoms with Crippen LogP contribution in [0.4, 0.5) is 4.39 Å². The highest BCUT2D eigenvalue weighted by atomic mass is 19.1. The smallest absolute Gasteiger partial charge is 0.374 e. The quantitative estimate of drug-likeness (QED) is 0.865. The van der Waals surface area contributed by atoms with E-state index in [-0.39, 0.29) is 11.8 Å². The Morgan fingerprint density at radius 3 is 2.53 bits per heavy atom. The van der Waals surface area contributed by atoms with Crippen LogP contribution in [0.3, 0.4) is 0 Å². The van der Waals surface area contributed by atoms with Gasteiger partial charge in [0, 0.05) is 0 Å². The molecule has 0 aliphatic rings. The molecule has 0 amide bonds. The molecular formula is C10H8FN3O3. The van der Waals surface area contributed by atoms with Gasteiger partial charge >= 0.3 is 12.0 Å². The Morgan fingerprint density at radius 2 is 2.00 bits per heavy atom. The average molecular weight is 237 g/mol. The lowest BCUT2D eigenvalue weighted by molar-refractivity contribution is 0.0680. The van der Waals surface area contributed by atoms with E-state index in [1.807, 2.05) is 0 Å². The van der Waals surface area contributed by atoms with Gasteiger partial charge in [0.1, 0.15) is 5.82 Å². The lowest BCUT2D eigenvalue weighted by Gasteiger charge is -2.06. The molecule has 7 heteroatoms. The fourth-order valence-corrected chi connectivity index (χ4v) is 1.36. The van der Waals surface area contributed by atoms with Crippen molar-refractivity contribution in [1.29, 1.82) is 0 Å². The summed E-state index contributed by atoms with van der Waals surface area (Å²) in [6, 6.07) is 5.26. The van der Waals surface area contributed by atoms with Gasteiger partial charge in [0.05, 0.1) is 12.8 Å². The van der Waals surface area contributed by atoms with Crippen molar-refractivity contribution in [2.75, 3.05) is 7.11 Å². The normalized spacial score (nSPS) is 10.2. The number of ether oxygens (including phenoxy) is 1. The third-order valence-corrected chi connectivity index (χ3v) is 2.09. The van der Waals surface area contributed by atoms with Gasteiger partial charge in [-0.1, -0.05) is 5.10 Å². The molecule has 0 spiro atoms. The molecule has 17 heavy (non-hydrogen) atoms. The number of carboxylic acid groups (broad SMARTS) is 1. The molecule has 0 saturated carbocycles. The molecule has 0 aliphatic heterocycles. The Balaban J connectivity index is 2.59. The van der Waals surface area contributed by atoms with Gasteiger partial charge in [-0.3, -0.25) is 0 Å². The van der Waals surface area contributed by atoms with Crippen LogP contribution in [0, 0.1) is 5.82 Å². The van der Waals surface area contributed by atoms with Gasteiger partial charge in [0.2, 0.25) is 5.82 Å². The highest BCUT2D eigenvalue weighted by molar-refractivity contribution is 5.84. The maximum absolute atomic E-state index is 12.8. The van der Waals surface area contributed by atoms with E-state index in [0.717, 1.165) is 0 Å². The fourth-order valence-electron chi connectivity index (χ4n) is 1.36. The van der Waals surface area contributed by atoms with Crippen LogP contribution in [0.1, 0.15) is 10.6 Å². The zero-order valence-corrected chi connectivity index (χ0v) is 8.79. The minimum Gasteiger partial charge on any atom is -0.475 e. The van der Waals surface area contributed by atoms with E-state index in [1.165, 1.54) is 35.9 Å². The van der Waals surface area contributed by atoms with Crippen LogP contribution in [0.2, 0.25) is 0 Å². The summed E-state index contributed by atoms with van der Waals surface area (Å²) < 4.78 is 18.9. The number of nitrogens with zero attached hydrogens (tertiary/aromatic N) is 3. The van der Waals surface area contributed by atoms with Gasteiger partial charge in [0.15, 0.2) is 0 Å². The number of aromatic nitrogens is 3. The van der Waals surface area contributed by atoms with E-state index >= 15 is 0 Å². The molecule has 2 rings (SSSR count). The van der Waals surface area contributed by atoms with E-state index in [1.54, 1.807) is 0 Å². The summed E-state index contributed by atoms with van der Waals surface area (Å²) in [5, 5.41) is 16.0. The zero-order chi connectivity index (χ0) is 12.4. The van der Waals surface area contributed by atoms with Gasteiger partial charge < -0.3 is 9.84 Å². The molecule has 0 bridgehead atoms. The fraction of sp³-hybridized carbons (Fsp3) is 0.100. The van der Waals surface area contributed by atoms with Crippen LogP contribution in [-0.2, 0) is 0 Å². The van der Waals surface area contributed by atoms with E-state index in [4.69, 9.17) is 9.84 Å². The molecule has 2 aromatic rings.